The number of aryl methyl sites for hydroxylation is 1. The van der Waals surface area contributed by atoms with Gasteiger partial charge in [-0.2, -0.15) is 0 Å². The average molecular weight is 306 g/mol. The molecule has 17 heavy (non-hydrogen) atoms. The summed E-state index contributed by atoms with van der Waals surface area (Å²) in [5, 5.41) is 1.31. The Morgan fingerprint density at radius 1 is 1.18 bits per heavy atom. The molecule has 0 atom stereocenters. The van der Waals surface area contributed by atoms with Gasteiger partial charge >= 0.3 is 0 Å². The van der Waals surface area contributed by atoms with Gasteiger partial charge in [0.2, 0.25) is 0 Å². The van der Waals surface area contributed by atoms with Crippen LogP contribution in [0.25, 0.3) is 10.9 Å². The number of thiophene rings is 1. The number of aromatic nitrogens is 1. The minimum absolute atomic E-state index is 0.948. The Morgan fingerprint density at radius 3 is 2.82 bits per heavy atom. The molecule has 3 aromatic rings. The SMILES string of the molecule is Cc1ccc2ccn(Cc3ccc(Br)s3)c2c1. The minimum atomic E-state index is 0.948. The monoisotopic (exact) mass is 305 g/mol. The fourth-order valence-corrected chi connectivity index (χ4v) is 3.52. The van der Waals surface area contributed by atoms with E-state index in [1.165, 1.54) is 25.1 Å². The van der Waals surface area contributed by atoms with E-state index in [1.807, 2.05) is 0 Å². The molecule has 0 aliphatic carbocycles. The Balaban J connectivity index is 2.03. The molecule has 0 spiro atoms. The van der Waals surface area contributed by atoms with Crippen LogP contribution in [0, 0.1) is 6.92 Å². The molecule has 0 saturated carbocycles. The first-order valence-electron chi connectivity index (χ1n) is 5.52. The van der Waals surface area contributed by atoms with Gasteiger partial charge < -0.3 is 4.57 Å². The van der Waals surface area contributed by atoms with Gasteiger partial charge in [0, 0.05) is 16.6 Å². The molecule has 0 unspecified atom stereocenters. The van der Waals surface area contributed by atoms with E-state index in [0.717, 1.165) is 6.54 Å². The lowest BCUT2D eigenvalue weighted by Gasteiger charge is -2.04. The first-order valence-corrected chi connectivity index (χ1v) is 7.13. The van der Waals surface area contributed by atoms with Gasteiger partial charge in [0.25, 0.3) is 0 Å². The van der Waals surface area contributed by atoms with E-state index in [9.17, 15) is 0 Å². The van der Waals surface area contributed by atoms with Crippen molar-refractivity contribution in [3.8, 4) is 0 Å². The molecular weight excluding hydrogens is 294 g/mol. The summed E-state index contributed by atoms with van der Waals surface area (Å²) in [6.45, 7) is 3.09. The maximum Gasteiger partial charge on any atom is 0.0702 e. The molecule has 0 radical (unpaired) electrons. The van der Waals surface area contributed by atoms with Gasteiger partial charge in [0.05, 0.1) is 10.3 Å². The molecule has 0 aliphatic rings. The standard InChI is InChI=1S/C14H12BrNS/c1-10-2-3-11-6-7-16(13(11)8-10)9-12-4-5-14(15)17-12/h2-8H,9H2,1H3. The Hall–Kier alpha value is -1.06. The molecule has 0 saturated heterocycles. The van der Waals surface area contributed by atoms with Crippen molar-refractivity contribution in [2.75, 3.05) is 0 Å². The lowest BCUT2D eigenvalue weighted by atomic mass is 10.2. The van der Waals surface area contributed by atoms with Crippen LogP contribution < -0.4 is 0 Å². The zero-order valence-corrected chi connectivity index (χ0v) is 11.9. The predicted octanol–water partition coefficient (Wildman–Crippen LogP) is 4.82. The maximum atomic E-state index is 3.51. The summed E-state index contributed by atoms with van der Waals surface area (Å²) in [5.41, 5.74) is 2.62. The normalized spacial score (nSPS) is 11.2. The third-order valence-electron chi connectivity index (χ3n) is 2.88. The Bertz CT molecular complexity index is 666. The number of halogens is 1. The van der Waals surface area contributed by atoms with Crippen molar-refractivity contribution in [3.05, 3.63) is 56.8 Å². The third kappa shape index (κ3) is 2.17. The largest absolute Gasteiger partial charge is 0.342 e. The molecular formula is C14H12BrNS. The minimum Gasteiger partial charge on any atom is -0.342 e. The second-order valence-electron chi connectivity index (χ2n) is 4.21. The second-order valence-corrected chi connectivity index (χ2v) is 6.76. The van der Waals surface area contributed by atoms with E-state index in [-0.39, 0.29) is 0 Å². The van der Waals surface area contributed by atoms with Gasteiger partial charge in [-0.15, -0.1) is 11.3 Å². The average Bonchev–Trinajstić information content (AvgIpc) is 2.87. The molecule has 1 nitrogen and oxygen atoms in total. The smallest absolute Gasteiger partial charge is 0.0702 e. The first-order chi connectivity index (χ1) is 8.22. The predicted molar refractivity (Wildman–Crippen MR) is 77.8 cm³/mol. The van der Waals surface area contributed by atoms with Crippen molar-refractivity contribution < 1.29 is 0 Å². The summed E-state index contributed by atoms with van der Waals surface area (Å²) in [7, 11) is 0. The van der Waals surface area contributed by atoms with E-state index in [1.54, 1.807) is 11.3 Å². The van der Waals surface area contributed by atoms with Crippen LogP contribution >= 0.6 is 27.3 Å². The van der Waals surface area contributed by atoms with Gasteiger partial charge in [-0.25, -0.2) is 0 Å². The van der Waals surface area contributed by atoms with E-state index in [2.05, 4.69) is 70.0 Å². The quantitative estimate of drug-likeness (QED) is 0.639. The summed E-state index contributed by atoms with van der Waals surface area (Å²) in [6, 6.07) is 13.1. The molecule has 0 aliphatic heterocycles. The van der Waals surface area contributed by atoms with Crippen molar-refractivity contribution in [3.63, 3.8) is 0 Å². The molecule has 3 rings (SSSR count). The van der Waals surface area contributed by atoms with Crippen molar-refractivity contribution >= 4 is 38.2 Å². The summed E-state index contributed by atoms with van der Waals surface area (Å²) < 4.78 is 3.50. The van der Waals surface area contributed by atoms with Crippen molar-refractivity contribution in [2.45, 2.75) is 13.5 Å². The fourth-order valence-electron chi connectivity index (χ4n) is 2.04. The molecule has 0 N–H and O–H groups in total. The van der Waals surface area contributed by atoms with Crippen LogP contribution in [0.5, 0.6) is 0 Å². The molecule has 1 aromatic carbocycles. The van der Waals surface area contributed by atoms with E-state index in [0.29, 0.717) is 0 Å². The van der Waals surface area contributed by atoms with Gasteiger partial charge in [-0.05, 0) is 58.1 Å². The van der Waals surface area contributed by atoms with E-state index < -0.39 is 0 Å². The van der Waals surface area contributed by atoms with Crippen LogP contribution in [0.3, 0.4) is 0 Å². The van der Waals surface area contributed by atoms with Gasteiger partial charge in [-0.3, -0.25) is 0 Å². The van der Waals surface area contributed by atoms with Crippen LogP contribution in [0.2, 0.25) is 0 Å². The van der Waals surface area contributed by atoms with Crippen LogP contribution in [0.1, 0.15) is 10.4 Å². The number of fused-ring (bicyclic) bond motifs is 1. The number of rotatable bonds is 2. The van der Waals surface area contributed by atoms with Crippen LogP contribution in [0.4, 0.5) is 0 Å². The topological polar surface area (TPSA) is 4.93 Å². The maximum absolute atomic E-state index is 3.51. The summed E-state index contributed by atoms with van der Waals surface area (Å²) in [5.74, 6) is 0. The molecule has 0 amide bonds. The Labute approximate surface area is 113 Å². The number of hydrogen-bond acceptors (Lipinski definition) is 1. The lowest BCUT2D eigenvalue weighted by Crippen LogP contribution is -1.95. The summed E-state index contributed by atoms with van der Waals surface area (Å²) in [6.07, 6.45) is 2.16. The zero-order chi connectivity index (χ0) is 11.8. The van der Waals surface area contributed by atoms with Crippen molar-refractivity contribution in [1.29, 1.82) is 0 Å². The molecule has 86 valence electrons. The number of benzene rings is 1. The number of hydrogen-bond donors (Lipinski definition) is 0. The highest BCUT2D eigenvalue weighted by molar-refractivity contribution is 9.11. The van der Waals surface area contributed by atoms with Crippen LogP contribution in [0.15, 0.2) is 46.4 Å². The highest BCUT2D eigenvalue weighted by Crippen LogP contribution is 2.25. The van der Waals surface area contributed by atoms with Crippen molar-refractivity contribution in [1.82, 2.24) is 4.57 Å². The molecule has 2 heterocycles. The van der Waals surface area contributed by atoms with E-state index in [4.69, 9.17) is 0 Å². The van der Waals surface area contributed by atoms with Gasteiger partial charge in [0.15, 0.2) is 0 Å². The highest BCUT2D eigenvalue weighted by atomic mass is 79.9. The van der Waals surface area contributed by atoms with E-state index >= 15 is 0 Å². The zero-order valence-electron chi connectivity index (χ0n) is 9.48. The lowest BCUT2D eigenvalue weighted by molar-refractivity contribution is 0.851. The van der Waals surface area contributed by atoms with Crippen LogP contribution in [-0.2, 0) is 6.54 Å². The second kappa shape index (κ2) is 4.31. The first kappa shape index (κ1) is 11.1. The number of nitrogens with zero attached hydrogens (tertiary/aromatic N) is 1. The van der Waals surface area contributed by atoms with Crippen LogP contribution in [-0.4, -0.2) is 4.57 Å². The van der Waals surface area contributed by atoms with Crippen molar-refractivity contribution in [2.24, 2.45) is 0 Å². The summed E-state index contributed by atoms with van der Waals surface area (Å²) >= 11 is 5.30. The fraction of sp³-hybridized carbons (Fsp3) is 0.143. The van der Waals surface area contributed by atoms with Gasteiger partial charge in [-0.1, -0.05) is 12.1 Å². The highest BCUT2D eigenvalue weighted by Gasteiger charge is 2.03. The Morgan fingerprint density at radius 2 is 2.06 bits per heavy atom. The molecule has 0 bridgehead atoms. The Kier molecular flexibility index (Phi) is 2.81. The molecule has 3 heteroatoms. The molecule has 2 aromatic heterocycles. The summed E-state index contributed by atoms with van der Waals surface area (Å²) in [4.78, 5) is 1.37. The third-order valence-corrected chi connectivity index (χ3v) is 4.49. The van der Waals surface area contributed by atoms with Gasteiger partial charge in [0.1, 0.15) is 0 Å². The molecule has 0 fully saturated rings.